The lowest BCUT2D eigenvalue weighted by Crippen LogP contribution is -2.07. The molecular weight excluding hydrogens is 268 g/mol. The van der Waals surface area contributed by atoms with Gasteiger partial charge in [0.25, 0.3) is 0 Å². The fraction of sp³-hybridized carbons (Fsp3) is 0.267. The van der Waals surface area contributed by atoms with Gasteiger partial charge in [0, 0.05) is 11.8 Å². The summed E-state index contributed by atoms with van der Waals surface area (Å²) in [5, 5.41) is 14.0. The lowest BCUT2D eigenvalue weighted by molar-refractivity contribution is -0.384. The summed E-state index contributed by atoms with van der Waals surface area (Å²) >= 11 is 0. The number of aromatic nitrogens is 1. The van der Waals surface area contributed by atoms with Crippen molar-refractivity contribution in [3.63, 3.8) is 0 Å². The summed E-state index contributed by atoms with van der Waals surface area (Å²) in [6, 6.07) is 9.12. The van der Waals surface area contributed by atoms with E-state index in [9.17, 15) is 10.1 Å². The molecule has 0 atom stereocenters. The third kappa shape index (κ3) is 2.65. The van der Waals surface area contributed by atoms with Crippen LogP contribution in [0.4, 0.5) is 23.0 Å². The van der Waals surface area contributed by atoms with Gasteiger partial charge in [0.15, 0.2) is 0 Å². The van der Waals surface area contributed by atoms with Crippen LogP contribution in [0.25, 0.3) is 0 Å². The van der Waals surface area contributed by atoms with E-state index in [4.69, 9.17) is 5.73 Å². The van der Waals surface area contributed by atoms with E-state index >= 15 is 0 Å². The number of hydrogen-bond donors (Lipinski definition) is 2. The molecule has 6 nitrogen and oxygen atoms in total. The van der Waals surface area contributed by atoms with Gasteiger partial charge in [0.1, 0.15) is 5.82 Å². The van der Waals surface area contributed by atoms with E-state index in [-0.39, 0.29) is 11.5 Å². The smallest absolute Gasteiger partial charge is 0.311 e. The van der Waals surface area contributed by atoms with Crippen LogP contribution in [0.15, 0.2) is 30.3 Å². The topological polar surface area (TPSA) is 94.1 Å². The molecule has 0 spiro atoms. The monoisotopic (exact) mass is 284 g/mol. The number of aryl methyl sites for hydroxylation is 1. The molecule has 0 amide bonds. The fourth-order valence-corrected chi connectivity index (χ4v) is 2.73. The van der Waals surface area contributed by atoms with E-state index < -0.39 is 4.92 Å². The molecule has 1 aliphatic rings. The highest BCUT2D eigenvalue weighted by Gasteiger charge is 2.15. The number of nitrogens with one attached hydrogen (secondary N) is 1. The van der Waals surface area contributed by atoms with Crippen LogP contribution in [-0.2, 0) is 12.8 Å². The van der Waals surface area contributed by atoms with Crippen LogP contribution in [0.2, 0.25) is 0 Å². The molecule has 0 radical (unpaired) electrons. The average Bonchev–Trinajstić information content (AvgIpc) is 2.47. The molecule has 3 N–H and O–H groups in total. The highest BCUT2D eigenvalue weighted by Crippen LogP contribution is 2.30. The number of nitrogen functional groups attached to an aromatic ring is 1. The molecule has 0 aliphatic heterocycles. The van der Waals surface area contributed by atoms with Gasteiger partial charge in [-0.1, -0.05) is 12.1 Å². The van der Waals surface area contributed by atoms with Crippen molar-refractivity contribution in [2.45, 2.75) is 25.7 Å². The first-order chi connectivity index (χ1) is 10.1. The Hall–Kier alpha value is -2.63. The quantitative estimate of drug-likeness (QED) is 0.666. The molecule has 21 heavy (non-hydrogen) atoms. The van der Waals surface area contributed by atoms with Gasteiger partial charge in [-0.15, -0.1) is 0 Å². The summed E-state index contributed by atoms with van der Waals surface area (Å²) in [6.45, 7) is 0. The van der Waals surface area contributed by atoms with Gasteiger partial charge >= 0.3 is 5.69 Å². The van der Waals surface area contributed by atoms with Crippen molar-refractivity contribution in [3.05, 3.63) is 51.6 Å². The summed E-state index contributed by atoms with van der Waals surface area (Å²) in [5.74, 6) is 0.451. The van der Waals surface area contributed by atoms with Crippen LogP contribution in [0.1, 0.15) is 24.0 Å². The Labute approximate surface area is 122 Å². The van der Waals surface area contributed by atoms with Crippen molar-refractivity contribution in [2.24, 2.45) is 0 Å². The summed E-state index contributed by atoms with van der Waals surface area (Å²) in [6.07, 6.45) is 4.54. The van der Waals surface area contributed by atoms with Gasteiger partial charge in [0.05, 0.1) is 4.92 Å². The van der Waals surface area contributed by atoms with Gasteiger partial charge in [0.2, 0.25) is 5.82 Å². The molecule has 0 saturated heterocycles. The average molecular weight is 284 g/mol. The molecule has 0 unspecified atom stereocenters. The first-order valence-electron chi connectivity index (χ1n) is 6.94. The molecule has 1 aromatic heterocycles. The zero-order valence-corrected chi connectivity index (χ0v) is 11.5. The molecule has 108 valence electrons. The summed E-state index contributed by atoms with van der Waals surface area (Å²) in [7, 11) is 0. The zero-order chi connectivity index (χ0) is 14.8. The second kappa shape index (κ2) is 5.40. The number of anilines is 3. The number of nitro groups is 1. The van der Waals surface area contributed by atoms with Crippen molar-refractivity contribution in [1.29, 1.82) is 0 Å². The third-order valence-corrected chi connectivity index (χ3v) is 3.76. The van der Waals surface area contributed by atoms with Crippen molar-refractivity contribution in [1.82, 2.24) is 4.98 Å². The number of benzene rings is 1. The lowest BCUT2D eigenvalue weighted by Gasteiger charge is -2.19. The molecular formula is C15H16N4O2. The van der Waals surface area contributed by atoms with E-state index in [2.05, 4.69) is 16.4 Å². The SMILES string of the molecule is Nc1nc(Nc2cccc3c2CCCC3)ccc1[N+](=O)[O-]. The molecule has 1 aromatic carbocycles. The van der Waals surface area contributed by atoms with Crippen LogP contribution in [0.5, 0.6) is 0 Å². The summed E-state index contributed by atoms with van der Waals surface area (Å²) in [5.41, 5.74) is 9.13. The number of fused-ring (bicyclic) bond motifs is 1. The lowest BCUT2D eigenvalue weighted by atomic mass is 9.90. The molecule has 0 saturated carbocycles. The first kappa shape index (κ1) is 13.4. The first-order valence-corrected chi connectivity index (χ1v) is 6.94. The maximum atomic E-state index is 10.7. The predicted octanol–water partition coefficient (Wildman–Crippen LogP) is 3.19. The van der Waals surface area contributed by atoms with Gasteiger partial charge in [-0.25, -0.2) is 4.98 Å². The van der Waals surface area contributed by atoms with Gasteiger partial charge < -0.3 is 11.1 Å². The Morgan fingerprint density at radius 2 is 2.00 bits per heavy atom. The van der Waals surface area contributed by atoms with Crippen molar-refractivity contribution in [2.75, 3.05) is 11.1 Å². The van der Waals surface area contributed by atoms with Gasteiger partial charge in [-0.05, 0) is 48.9 Å². The summed E-state index contributed by atoms with van der Waals surface area (Å²) < 4.78 is 0. The second-order valence-electron chi connectivity index (χ2n) is 5.13. The Morgan fingerprint density at radius 3 is 2.76 bits per heavy atom. The van der Waals surface area contributed by atoms with E-state index in [0.29, 0.717) is 5.82 Å². The Bertz CT molecular complexity index is 700. The van der Waals surface area contributed by atoms with Crippen molar-refractivity contribution in [3.8, 4) is 0 Å². The Kier molecular flexibility index (Phi) is 3.43. The standard InChI is InChI=1S/C15H16N4O2/c16-15-13(19(20)21)8-9-14(18-15)17-12-7-3-5-10-4-1-2-6-11(10)12/h3,5,7-9H,1-2,4,6H2,(H3,16,17,18). The van der Waals surface area contributed by atoms with Crippen LogP contribution in [0, 0.1) is 10.1 Å². The molecule has 0 bridgehead atoms. The van der Waals surface area contributed by atoms with Crippen LogP contribution >= 0.6 is 0 Å². The number of nitrogens with two attached hydrogens (primary N) is 1. The Morgan fingerprint density at radius 1 is 1.19 bits per heavy atom. The molecule has 1 aliphatic carbocycles. The summed E-state index contributed by atoms with van der Waals surface area (Å²) in [4.78, 5) is 14.3. The van der Waals surface area contributed by atoms with Crippen LogP contribution in [0.3, 0.4) is 0 Å². The minimum Gasteiger partial charge on any atom is -0.378 e. The number of pyridine rings is 1. The van der Waals surface area contributed by atoms with E-state index in [0.717, 1.165) is 18.5 Å². The zero-order valence-electron chi connectivity index (χ0n) is 11.5. The van der Waals surface area contributed by atoms with Crippen molar-refractivity contribution < 1.29 is 4.92 Å². The minimum atomic E-state index is -0.531. The van der Waals surface area contributed by atoms with Crippen LogP contribution in [-0.4, -0.2) is 9.91 Å². The molecule has 1 heterocycles. The maximum Gasteiger partial charge on any atom is 0.311 e. The highest BCUT2D eigenvalue weighted by molar-refractivity contribution is 5.66. The van der Waals surface area contributed by atoms with E-state index in [1.807, 2.05) is 12.1 Å². The molecule has 3 rings (SSSR count). The van der Waals surface area contributed by atoms with Crippen molar-refractivity contribution >= 4 is 23.0 Å². The fourth-order valence-electron chi connectivity index (χ4n) is 2.73. The van der Waals surface area contributed by atoms with E-state index in [1.54, 1.807) is 6.07 Å². The molecule has 6 heteroatoms. The largest absolute Gasteiger partial charge is 0.378 e. The highest BCUT2D eigenvalue weighted by atomic mass is 16.6. The number of hydrogen-bond acceptors (Lipinski definition) is 5. The minimum absolute atomic E-state index is 0.0743. The normalized spacial score (nSPS) is 13.5. The molecule has 0 fully saturated rings. The maximum absolute atomic E-state index is 10.7. The Balaban J connectivity index is 1.91. The van der Waals surface area contributed by atoms with Crippen LogP contribution < -0.4 is 11.1 Å². The predicted molar refractivity (Wildman–Crippen MR) is 81.7 cm³/mol. The number of rotatable bonds is 3. The van der Waals surface area contributed by atoms with Gasteiger partial charge in [-0.2, -0.15) is 0 Å². The molecule has 2 aromatic rings. The van der Waals surface area contributed by atoms with E-state index in [1.165, 1.54) is 30.0 Å². The number of nitrogens with zero attached hydrogens (tertiary/aromatic N) is 2. The van der Waals surface area contributed by atoms with Gasteiger partial charge in [-0.3, -0.25) is 10.1 Å². The second-order valence-corrected chi connectivity index (χ2v) is 5.13. The third-order valence-electron chi connectivity index (χ3n) is 3.76.